The van der Waals surface area contributed by atoms with Crippen LogP contribution in [0.25, 0.3) is 0 Å². The van der Waals surface area contributed by atoms with E-state index in [-0.39, 0.29) is 24.2 Å². The van der Waals surface area contributed by atoms with E-state index in [0.717, 1.165) is 19.6 Å². The highest BCUT2D eigenvalue weighted by molar-refractivity contribution is 5.80. The SMILES string of the molecule is CC1CN(Cc2ccccc2CNC(=O)C(C)OCC2CC2)CC(C)O1. The average Bonchev–Trinajstić information content (AvgIpc) is 3.42. The van der Waals surface area contributed by atoms with Gasteiger partial charge < -0.3 is 14.8 Å². The van der Waals surface area contributed by atoms with Gasteiger partial charge in [-0.25, -0.2) is 0 Å². The van der Waals surface area contributed by atoms with Crippen LogP contribution in [0.2, 0.25) is 0 Å². The van der Waals surface area contributed by atoms with Crippen molar-refractivity contribution < 1.29 is 14.3 Å². The van der Waals surface area contributed by atoms with Gasteiger partial charge in [0.2, 0.25) is 5.91 Å². The van der Waals surface area contributed by atoms with Crippen LogP contribution in [-0.2, 0) is 27.4 Å². The standard InChI is InChI=1S/C21H32N2O3/c1-15-11-23(12-16(2)26-15)13-20-7-5-4-6-19(20)10-22-21(24)17(3)25-14-18-8-9-18/h4-7,15-18H,8-14H2,1-3H3,(H,22,24). The zero-order valence-electron chi connectivity index (χ0n) is 16.2. The van der Waals surface area contributed by atoms with Gasteiger partial charge in [0.05, 0.1) is 18.8 Å². The van der Waals surface area contributed by atoms with Crippen molar-refractivity contribution in [1.29, 1.82) is 0 Å². The van der Waals surface area contributed by atoms with Gasteiger partial charge in [-0.05, 0) is 50.7 Å². The lowest BCUT2D eigenvalue weighted by atomic mass is 10.1. The Balaban J connectivity index is 1.52. The number of carbonyl (C=O) groups is 1. The number of hydrogen-bond donors (Lipinski definition) is 1. The summed E-state index contributed by atoms with van der Waals surface area (Å²) in [5.41, 5.74) is 2.43. The Kier molecular flexibility index (Phi) is 6.68. The van der Waals surface area contributed by atoms with E-state index in [4.69, 9.17) is 9.47 Å². The second-order valence-electron chi connectivity index (χ2n) is 7.86. The Bertz CT molecular complexity index is 593. The third kappa shape index (κ3) is 5.79. The highest BCUT2D eigenvalue weighted by Crippen LogP contribution is 2.29. The molecule has 0 aromatic heterocycles. The number of carbonyl (C=O) groups excluding carboxylic acids is 1. The largest absolute Gasteiger partial charge is 0.373 e. The van der Waals surface area contributed by atoms with Crippen molar-refractivity contribution in [3.63, 3.8) is 0 Å². The summed E-state index contributed by atoms with van der Waals surface area (Å²) in [4.78, 5) is 14.7. The van der Waals surface area contributed by atoms with Gasteiger partial charge in [-0.1, -0.05) is 24.3 Å². The second kappa shape index (κ2) is 8.98. The maximum absolute atomic E-state index is 12.3. The number of rotatable bonds is 8. The van der Waals surface area contributed by atoms with Crippen LogP contribution in [0.5, 0.6) is 0 Å². The van der Waals surface area contributed by atoms with Crippen LogP contribution in [-0.4, -0.2) is 48.8 Å². The van der Waals surface area contributed by atoms with Gasteiger partial charge in [0.25, 0.3) is 0 Å². The van der Waals surface area contributed by atoms with Crippen molar-refractivity contribution in [1.82, 2.24) is 10.2 Å². The molecule has 1 amide bonds. The molecule has 0 spiro atoms. The molecule has 3 unspecified atom stereocenters. The van der Waals surface area contributed by atoms with Gasteiger partial charge >= 0.3 is 0 Å². The fourth-order valence-electron chi connectivity index (χ4n) is 3.51. The zero-order chi connectivity index (χ0) is 18.5. The smallest absolute Gasteiger partial charge is 0.249 e. The molecule has 1 aromatic carbocycles. The van der Waals surface area contributed by atoms with Crippen LogP contribution in [0.15, 0.2) is 24.3 Å². The maximum atomic E-state index is 12.3. The first kappa shape index (κ1) is 19.3. The Labute approximate surface area is 157 Å². The summed E-state index contributed by atoms with van der Waals surface area (Å²) in [5.74, 6) is 0.637. The fraction of sp³-hybridized carbons (Fsp3) is 0.667. The van der Waals surface area contributed by atoms with E-state index in [0.29, 0.717) is 19.1 Å². The van der Waals surface area contributed by atoms with E-state index in [9.17, 15) is 4.79 Å². The van der Waals surface area contributed by atoms with Gasteiger partial charge in [-0.15, -0.1) is 0 Å². The molecule has 5 heteroatoms. The van der Waals surface area contributed by atoms with Crippen molar-refractivity contribution in [2.24, 2.45) is 5.92 Å². The van der Waals surface area contributed by atoms with Crippen molar-refractivity contribution in [2.45, 2.75) is 65.0 Å². The highest BCUT2D eigenvalue weighted by Gasteiger charge is 2.24. The Morgan fingerprint density at radius 3 is 2.54 bits per heavy atom. The molecule has 0 radical (unpaired) electrons. The molecule has 1 heterocycles. The molecule has 26 heavy (non-hydrogen) atoms. The average molecular weight is 360 g/mol. The van der Waals surface area contributed by atoms with Gasteiger partial charge in [0.1, 0.15) is 6.10 Å². The van der Waals surface area contributed by atoms with E-state index >= 15 is 0 Å². The number of morpholine rings is 1. The molecule has 2 aliphatic rings. The van der Waals surface area contributed by atoms with Crippen LogP contribution in [0.4, 0.5) is 0 Å². The first-order valence-corrected chi connectivity index (χ1v) is 9.85. The van der Waals surface area contributed by atoms with Crippen LogP contribution in [0.1, 0.15) is 44.7 Å². The molecular formula is C21H32N2O3. The lowest BCUT2D eigenvalue weighted by Gasteiger charge is -2.35. The molecule has 1 saturated heterocycles. The number of nitrogens with one attached hydrogen (secondary N) is 1. The van der Waals surface area contributed by atoms with Gasteiger partial charge in [0, 0.05) is 26.2 Å². The quantitative estimate of drug-likeness (QED) is 0.774. The Morgan fingerprint density at radius 2 is 1.88 bits per heavy atom. The number of benzene rings is 1. The van der Waals surface area contributed by atoms with E-state index in [1.807, 2.05) is 13.0 Å². The third-order valence-corrected chi connectivity index (χ3v) is 5.11. The molecule has 1 aliphatic heterocycles. The Hall–Kier alpha value is -1.43. The molecule has 144 valence electrons. The molecule has 1 aliphatic carbocycles. The lowest BCUT2D eigenvalue weighted by Crippen LogP contribution is -2.45. The lowest BCUT2D eigenvalue weighted by molar-refractivity contribution is -0.132. The van der Waals surface area contributed by atoms with Crippen molar-refractivity contribution in [2.75, 3.05) is 19.7 Å². The zero-order valence-corrected chi connectivity index (χ0v) is 16.2. The summed E-state index contributed by atoms with van der Waals surface area (Å²) in [7, 11) is 0. The molecule has 0 bridgehead atoms. The fourth-order valence-corrected chi connectivity index (χ4v) is 3.51. The van der Waals surface area contributed by atoms with Crippen molar-refractivity contribution in [3.8, 4) is 0 Å². The maximum Gasteiger partial charge on any atom is 0.249 e. The molecule has 2 fully saturated rings. The van der Waals surface area contributed by atoms with Crippen LogP contribution in [0.3, 0.4) is 0 Å². The number of amides is 1. The van der Waals surface area contributed by atoms with Crippen molar-refractivity contribution in [3.05, 3.63) is 35.4 Å². The summed E-state index contributed by atoms with van der Waals surface area (Å²) in [6.45, 7) is 10.1. The van der Waals surface area contributed by atoms with Crippen molar-refractivity contribution >= 4 is 5.91 Å². The van der Waals surface area contributed by atoms with E-state index in [1.54, 1.807) is 0 Å². The molecule has 3 rings (SSSR count). The number of ether oxygens (including phenoxy) is 2. The van der Waals surface area contributed by atoms with Crippen LogP contribution in [0, 0.1) is 5.92 Å². The Morgan fingerprint density at radius 1 is 1.23 bits per heavy atom. The monoisotopic (exact) mass is 360 g/mol. The highest BCUT2D eigenvalue weighted by atomic mass is 16.5. The molecule has 1 aromatic rings. The predicted molar refractivity (Wildman–Crippen MR) is 102 cm³/mol. The molecule has 1 saturated carbocycles. The molecular weight excluding hydrogens is 328 g/mol. The minimum absolute atomic E-state index is 0.0333. The molecule has 5 nitrogen and oxygen atoms in total. The predicted octanol–water partition coefficient (Wildman–Crippen LogP) is 2.73. The normalized spacial score (nSPS) is 25.0. The summed E-state index contributed by atoms with van der Waals surface area (Å²) in [6, 6.07) is 8.34. The molecule has 1 N–H and O–H groups in total. The van der Waals surface area contributed by atoms with E-state index < -0.39 is 0 Å². The van der Waals surface area contributed by atoms with Gasteiger partial charge in [0.15, 0.2) is 0 Å². The molecule has 3 atom stereocenters. The topological polar surface area (TPSA) is 50.8 Å². The van der Waals surface area contributed by atoms with Gasteiger partial charge in [-0.3, -0.25) is 9.69 Å². The summed E-state index contributed by atoms with van der Waals surface area (Å²) >= 11 is 0. The first-order chi connectivity index (χ1) is 12.5. The van der Waals surface area contributed by atoms with Crippen LogP contribution >= 0.6 is 0 Å². The summed E-state index contributed by atoms with van der Waals surface area (Å²) in [5, 5.41) is 3.03. The minimum Gasteiger partial charge on any atom is -0.373 e. The van der Waals surface area contributed by atoms with E-state index in [1.165, 1.54) is 24.0 Å². The minimum atomic E-state index is -0.385. The second-order valence-corrected chi connectivity index (χ2v) is 7.86. The number of nitrogens with zero attached hydrogens (tertiary/aromatic N) is 1. The third-order valence-electron chi connectivity index (χ3n) is 5.11. The number of hydrogen-bond acceptors (Lipinski definition) is 4. The van der Waals surface area contributed by atoms with E-state index in [2.05, 4.69) is 42.3 Å². The summed E-state index contributed by atoms with van der Waals surface area (Å²) in [6.07, 6.45) is 2.61. The summed E-state index contributed by atoms with van der Waals surface area (Å²) < 4.78 is 11.5. The van der Waals surface area contributed by atoms with Gasteiger partial charge in [-0.2, -0.15) is 0 Å². The first-order valence-electron chi connectivity index (χ1n) is 9.85. The van der Waals surface area contributed by atoms with Crippen LogP contribution < -0.4 is 5.32 Å².